The van der Waals surface area contributed by atoms with Gasteiger partial charge in [0.05, 0.1) is 0 Å². The molecular formula is C19H20O2. The molecule has 3 aromatic rings. The van der Waals surface area contributed by atoms with Gasteiger partial charge >= 0.3 is 0 Å². The lowest BCUT2D eigenvalue weighted by Gasteiger charge is -2.08. The molecule has 0 amide bonds. The molecule has 0 aliphatic heterocycles. The molecule has 108 valence electrons. The van der Waals surface area contributed by atoms with Crippen molar-refractivity contribution in [3.8, 4) is 0 Å². The van der Waals surface area contributed by atoms with E-state index in [9.17, 15) is 5.11 Å². The average Bonchev–Trinajstić information content (AvgIpc) is 2.90. The lowest BCUT2D eigenvalue weighted by molar-refractivity contribution is 0.192. The van der Waals surface area contributed by atoms with Crippen molar-refractivity contribution in [1.29, 1.82) is 0 Å². The Bertz CT molecular complexity index is 738. The van der Waals surface area contributed by atoms with Crippen LogP contribution in [0.15, 0.2) is 52.9 Å². The van der Waals surface area contributed by atoms with E-state index in [1.165, 1.54) is 11.1 Å². The molecule has 0 radical (unpaired) electrons. The summed E-state index contributed by atoms with van der Waals surface area (Å²) in [7, 11) is 0. The van der Waals surface area contributed by atoms with Gasteiger partial charge in [0.2, 0.25) is 0 Å². The van der Waals surface area contributed by atoms with Crippen molar-refractivity contribution < 1.29 is 9.52 Å². The van der Waals surface area contributed by atoms with Gasteiger partial charge < -0.3 is 9.52 Å². The Morgan fingerprint density at radius 1 is 1.05 bits per heavy atom. The number of hydrogen-bond donors (Lipinski definition) is 1. The van der Waals surface area contributed by atoms with Gasteiger partial charge in [-0.2, -0.15) is 0 Å². The van der Waals surface area contributed by atoms with Crippen molar-refractivity contribution in [2.24, 2.45) is 0 Å². The summed E-state index contributed by atoms with van der Waals surface area (Å²) >= 11 is 0. The summed E-state index contributed by atoms with van der Waals surface area (Å²) < 4.78 is 5.77. The van der Waals surface area contributed by atoms with Crippen molar-refractivity contribution in [3.05, 3.63) is 71.0 Å². The number of hydrogen-bond acceptors (Lipinski definition) is 2. The highest BCUT2D eigenvalue weighted by Crippen LogP contribution is 2.29. The predicted octanol–water partition coefficient (Wildman–Crippen LogP) is 4.78. The molecule has 21 heavy (non-hydrogen) atoms. The van der Waals surface area contributed by atoms with E-state index < -0.39 is 6.10 Å². The Morgan fingerprint density at radius 3 is 2.52 bits per heavy atom. The summed E-state index contributed by atoms with van der Waals surface area (Å²) in [5.41, 5.74) is 4.17. The molecule has 3 rings (SSSR count). The molecule has 1 N–H and O–H groups in total. The molecule has 1 aromatic heterocycles. The Labute approximate surface area is 125 Å². The van der Waals surface area contributed by atoms with Crippen molar-refractivity contribution in [3.63, 3.8) is 0 Å². The molecule has 0 fully saturated rings. The van der Waals surface area contributed by atoms with Crippen LogP contribution in [-0.2, 0) is 6.42 Å². The van der Waals surface area contributed by atoms with Crippen LogP contribution in [-0.4, -0.2) is 5.11 Å². The molecular weight excluding hydrogens is 260 g/mol. The monoisotopic (exact) mass is 280 g/mol. The number of aryl methyl sites for hydroxylation is 2. The van der Waals surface area contributed by atoms with Crippen LogP contribution in [0, 0.1) is 6.92 Å². The van der Waals surface area contributed by atoms with Gasteiger partial charge in [-0.15, -0.1) is 0 Å². The Hall–Kier alpha value is -2.06. The van der Waals surface area contributed by atoms with Gasteiger partial charge in [0.15, 0.2) is 0 Å². The highest BCUT2D eigenvalue weighted by atomic mass is 16.4. The molecule has 1 unspecified atom stereocenters. The van der Waals surface area contributed by atoms with E-state index in [1.807, 2.05) is 30.3 Å². The molecule has 0 saturated heterocycles. The number of rotatable bonds is 4. The maximum absolute atomic E-state index is 10.5. The molecule has 1 atom stereocenters. The van der Waals surface area contributed by atoms with Crippen molar-refractivity contribution in [1.82, 2.24) is 0 Å². The van der Waals surface area contributed by atoms with Crippen LogP contribution in [0.2, 0.25) is 0 Å². The van der Waals surface area contributed by atoms with Crippen LogP contribution < -0.4 is 0 Å². The van der Waals surface area contributed by atoms with Gasteiger partial charge in [-0.3, -0.25) is 0 Å². The first-order chi connectivity index (χ1) is 10.2. The Balaban J connectivity index is 1.90. The van der Waals surface area contributed by atoms with E-state index in [1.54, 1.807) is 0 Å². The largest absolute Gasteiger partial charge is 0.458 e. The van der Waals surface area contributed by atoms with Crippen molar-refractivity contribution in [2.75, 3.05) is 0 Å². The van der Waals surface area contributed by atoms with Crippen LogP contribution >= 0.6 is 0 Å². The molecule has 1 heterocycles. The molecule has 2 heteroatoms. The van der Waals surface area contributed by atoms with Crippen LogP contribution in [0.1, 0.15) is 41.9 Å². The smallest absolute Gasteiger partial charge is 0.138 e. The fourth-order valence-corrected chi connectivity index (χ4v) is 2.64. The minimum atomic E-state index is -0.714. The minimum absolute atomic E-state index is 0.596. The molecule has 0 saturated carbocycles. The van der Waals surface area contributed by atoms with E-state index in [0.29, 0.717) is 5.76 Å². The number of furan rings is 1. The summed E-state index contributed by atoms with van der Waals surface area (Å²) in [6.07, 6.45) is 1.49. The van der Waals surface area contributed by atoms with Gasteiger partial charge in [0.25, 0.3) is 0 Å². The van der Waals surface area contributed by atoms with Gasteiger partial charge in [-0.1, -0.05) is 49.2 Å². The van der Waals surface area contributed by atoms with Crippen molar-refractivity contribution >= 4 is 11.0 Å². The lowest BCUT2D eigenvalue weighted by Crippen LogP contribution is -1.98. The molecule has 2 nitrogen and oxygen atoms in total. The molecule has 0 bridgehead atoms. The summed E-state index contributed by atoms with van der Waals surface area (Å²) in [4.78, 5) is 0. The second kappa shape index (κ2) is 5.74. The number of aliphatic hydroxyl groups excluding tert-OH is 1. The number of benzene rings is 2. The second-order valence-electron chi connectivity index (χ2n) is 5.58. The highest BCUT2D eigenvalue weighted by molar-refractivity contribution is 5.78. The van der Waals surface area contributed by atoms with Crippen LogP contribution in [0.25, 0.3) is 11.0 Å². The fourth-order valence-electron chi connectivity index (χ4n) is 2.64. The summed E-state index contributed by atoms with van der Waals surface area (Å²) in [6.45, 7) is 4.22. The van der Waals surface area contributed by atoms with Crippen molar-refractivity contribution in [2.45, 2.75) is 32.8 Å². The molecule has 0 aliphatic rings. The predicted molar refractivity (Wildman–Crippen MR) is 85.4 cm³/mol. The first kappa shape index (κ1) is 13.9. The van der Waals surface area contributed by atoms with Gasteiger partial charge in [0, 0.05) is 5.39 Å². The summed E-state index contributed by atoms with van der Waals surface area (Å²) in [5.74, 6) is 0.596. The third kappa shape index (κ3) is 2.86. The summed E-state index contributed by atoms with van der Waals surface area (Å²) in [5, 5.41) is 11.5. The normalized spacial score (nSPS) is 12.7. The SMILES string of the molecule is CCCc1ccc(C(O)c2cc3cc(C)ccc3o2)cc1. The standard InChI is InChI=1S/C19H20O2/c1-3-4-14-6-8-15(9-7-14)19(20)18-12-16-11-13(2)5-10-17(16)21-18/h5-12,19-20H,3-4H2,1-2H3. The minimum Gasteiger partial charge on any atom is -0.458 e. The zero-order valence-electron chi connectivity index (χ0n) is 12.5. The quantitative estimate of drug-likeness (QED) is 0.746. The van der Waals surface area contributed by atoms with Gasteiger partial charge in [-0.05, 0) is 42.7 Å². The third-order valence-electron chi connectivity index (χ3n) is 3.79. The fraction of sp³-hybridized carbons (Fsp3) is 0.263. The topological polar surface area (TPSA) is 33.4 Å². The van der Waals surface area contributed by atoms with Gasteiger partial charge in [0.1, 0.15) is 17.4 Å². The second-order valence-corrected chi connectivity index (χ2v) is 5.58. The Kier molecular flexibility index (Phi) is 3.80. The Morgan fingerprint density at radius 2 is 1.81 bits per heavy atom. The van der Waals surface area contributed by atoms with Gasteiger partial charge in [-0.25, -0.2) is 0 Å². The van der Waals surface area contributed by atoms with E-state index in [-0.39, 0.29) is 0 Å². The van der Waals surface area contributed by atoms with Crippen LogP contribution in [0.3, 0.4) is 0 Å². The molecule has 0 aliphatic carbocycles. The van der Waals surface area contributed by atoms with E-state index in [2.05, 4.69) is 32.0 Å². The van der Waals surface area contributed by atoms with E-state index in [4.69, 9.17) is 4.42 Å². The first-order valence-electron chi connectivity index (χ1n) is 7.44. The molecule has 2 aromatic carbocycles. The molecule has 0 spiro atoms. The number of fused-ring (bicyclic) bond motifs is 1. The zero-order chi connectivity index (χ0) is 14.8. The maximum atomic E-state index is 10.5. The van der Waals surface area contributed by atoms with E-state index >= 15 is 0 Å². The van der Waals surface area contributed by atoms with Crippen LogP contribution in [0.4, 0.5) is 0 Å². The average molecular weight is 280 g/mol. The van der Waals surface area contributed by atoms with Crippen LogP contribution in [0.5, 0.6) is 0 Å². The van der Waals surface area contributed by atoms with E-state index in [0.717, 1.165) is 29.4 Å². The zero-order valence-corrected chi connectivity index (χ0v) is 12.5. The highest BCUT2D eigenvalue weighted by Gasteiger charge is 2.15. The third-order valence-corrected chi connectivity index (χ3v) is 3.79. The first-order valence-corrected chi connectivity index (χ1v) is 7.44. The maximum Gasteiger partial charge on any atom is 0.138 e. The summed E-state index contributed by atoms with van der Waals surface area (Å²) in [6, 6.07) is 16.1. The lowest BCUT2D eigenvalue weighted by atomic mass is 10.0. The number of aliphatic hydroxyl groups is 1.